The quantitative estimate of drug-likeness (QED) is 0.305. The Balaban J connectivity index is 1.98. The average molecular weight is 445 g/mol. The molecule has 7 nitrogen and oxygen atoms in total. The SMILES string of the molecule is CCNC(=O)Nc1cccc(-c2ccc(C(N)=O)c3[nH]c4cc(C(C)(C)O)ccc4c23)c1C. The Morgan fingerprint density at radius 2 is 1.85 bits per heavy atom. The zero-order chi connectivity index (χ0) is 23.9. The fourth-order valence-electron chi connectivity index (χ4n) is 4.21. The number of carbonyl (C=O) groups excluding carboxylic acids is 2. The molecule has 0 saturated carbocycles. The second-order valence-corrected chi connectivity index (χ2v) is 8.68. The number of amides is 3. The molecule has 1 heterocycles. The lowest BCUT2D eigenvalue weighted by Gasteiger charge is -2.17. The Morgan fingerprint density at radius 3 is 2.52 bits per heavy atom. The molecule has 0 spiro atoms. The maximum atomic E-state index is 12.2. The first-order chi connectivity index (χ1) is 15.6. The molecule has 0 aliphatic heterocycles. The molecule has 0 saturated heterocycles. The van der Waals surface area contributed by atoms with Crippen LogP contribution in [0.25, 0.3) is 32.9 Å². The summed E-state index contributed by atoms with van der Waals surface area (Å²) in [6.45, 7) is 7.80. The van der Waals surface area contributed by atoms with Crippen LogP contribution in [-0.2, 0) is 5.60 Å². The van der Waals surface area contributed by atoms with Crippen LogP contribution in [0.1, 0.15) is 42.3 Å². The molecule has 0 radical (unpaired) electrons. The summed E-state index contributed by atoms with van der Waals surface area (Å²) in [4.78, 5) is 27.6. The van der Waals surface area contributed by atoms with E-state index in [0.29, 0.717) is 23.3 Å². The normalized spacial score (nSPS) is 11.7. The van der Waals surface area contributed by atoms with E-state index < -0.39 is 11.5 Å². The minimum Gasteiger partial charge on any atom is -0.386 e. The highest BCUT2D eigenvalue weighted by atomic mass is 16.3. The number of primary amides is 1. The van der Waals surface area contributed by atoms with E-state index in [-0.39, 0.29) is 6.03 Å². The van der Waals surface area contributed by atoms with Crippen LogP contribution in [0, 0.1) is 6.92 Å². The van der Waals surface area contributed by atoms with Crippen molar-refractivity contribution >= 4 is 39.4 Å². The summed E-state index contributed by atoms with van der Waals surface area (Å²) in [6, 6.07) is 14.8. The minimum absolute atomic E-state index is 0.266. The lowest BCUT2D eigenvalue weighted by Crippen LogP contribution is -2.28. The van der Waals surface area contributed by atoms with Gasteiger partial charge in [-0.2, -0.15) is 0 Å². The van der Waals surface area contributed by atoms with Crippen LogP contribution in [0.4, 0.5) is 10.5 Å². The molecule has 33 heavy (non-hydrogen) atoms. The van der Waals surface area contributed by atoms with Gasteiger partial charge in [0.2, 0.25) is 0 Å². The number of anilines is 1. The standard InChI is InChI=1S/C26H28N4O3/c1-5-28-25(32)30-20-8-6-7-16(14(20)2)17-11-12-19(24(27)31)23-22(17)18-10-9-15(26(3,4)33)13-21(18)29-23/h6-13,29,33H,5H2,1-4H3,(H2,27,31)(H2,28,30,32). The van der Waals surface area contributed by atoms with E-state index in [1.807, 2.05) is 56.3 Å². The van der Waals surface area contributed by atoms with Crippen LogP contribution >= 0.6 is 0 Å². The molecule has 4 aromatic rings. The van der Waals surface area contributed by atoms with E-state index in [9.17, 15) is 14.7 Å². The maximum absolute atomic E-state index is 12.2. The fraction of sp³-hybridized carbons (Fsp3) is 0.231. The number of nitrogens with two attached hydrogens (primary N) is 1. The van der Waals surface area contributed by atoms with Crippen molar-refractivity contribution in [1.29, 1.82) is 0 Å². The largest absolute Gasteiger partial charge is 0.386 e. The maximum Gasteiger partial charge on any atom is 0.319 e. The predicted molar refractivity (Wildman–Crippen MR) is 132 cm³/mol. The van der Waals surface area contributed by atoms with E-state index in [4.69, 9.17) is 5.73 Å². The Labute approximate surface area is 192 Å². The highest BCUT2D eigenvalue weighted by Crippen LogP contribution is 2.39. The van der Waals surface area contributed by atoms with Crippen molar-refractivity contribution in [3.05, 3.63) is 65.2 Å². The number of H-pyrrole nitrogens is 1. The average Bonchev–Trinajstić information content (AvgIpc) is 3.13. The second kappa shape index (κ2) is 8.26. The predicted octanol–water partition coefficient (Wildman–Crippen LogP) is 4.76. The number of nitrogens with one attached hydrogen (secondary N) is 3. The summed E-state index contributed by atoms with van der Waals surface area (Å²) in [5.41, 5.74) is 10.7. The molecule has 0 unspecified atom stereocenters. The smallest absolute Gasteiger partial charge is 0.319 e. The van der Waals surface area contributed by atoms with Crippen LogP contribution in [0.2, 0.25) is 0 Å². The van der Waals surface area contributed by atoms with Gasteiger partial charge in [-0.1, -0.05) is 30.3 Å². The molecule has 6 N–H and O–H groups in total. The molecule has 0 fully saturated rings. The van der Waals surface area contributed by atoms with Gasteiger partial charge in [0, 0.05) is 28.5 Å². The number of aromatic amines is 1. The third-order valence-corrected chi connectivity index (χ3v) is 5.94. The van der Waals surface area contributed by atoms with Crippen molar-refractivity contribution in [2.45, 2.75) is 33.3 Å². The third-order valence-electron chi connectivity index (χ3n) is 5.94. The van der Waals surface area contributed by atoms with E-state index in [1.165, 1.54) is 0 Å². The van der Waals surface area contributed by atoms with Gasteiger partial charge in [0.15, 0.2) is 0 Å². The van der Waals surface area contributed by atoms with Gasteiger partial charge in [0.05, 0.1) is 16.7 Å². The first kappa shape index (κ1) is 22.4. The van der Waals surface area contributed by atoms with Gasteiger partial charge < -0.3 is 26.5 Å². The van der Waals surface area contributed by atoms with E-state index >= 15 is 0 Å². The number of hydrogen-bond donors (Lipinski definition) is 5. The molecule has 3 amide bonds. The van der Waals surface area contributed by atoms with Crippen molar-refractivity contribution in [3.8, 4) is 11.1 Å². The molecule has 3 aromatic carbocycles. The number of urea groups is 1. The van der Waals surface area contributed by atoms with Crippen LogP contribution in [0.15, 0.2) is 48.5 Å². The van der Waals surface area contributed by atoms with Crippen molar-refractivity contribution in [1.82, 2.24) is 10.3 Å². The number of carbonyl (C=O) groups is 2. The molecule has 170 valence electrons. The first-order valence-electron chi connectivity index (χ1n) is 10.9. The zero-order valence-corrected chi connectivity index (χ0v) is 19.2. The molecule has 0 aliphatic rings. The number of hydrogen-bond acceptors (Lipinski definition) is 3. The van der Waals surface area contributed by atoms with Crippen LogP contribution in [0.5, 0.6) is 0 Å². The molecule has 1 aromatic heterocycles. The molecule has 4 rings (SSSR count). The Morgan fingerprint density at radius 1 is 1.09 bits per heavy atom. The van der Waals surface area contributed by atoms with Gasteiger partial charge in [-0.15, -0.1) is 0 Å². The summed E-state index contributed by atoms with van der Waals surface area (Å²) >= 11 is 0. The Bertz CT molecular complexity index is 1400. The summed E-state index contributed by atoms with van der Waals surface area (Å²) in [5, 5.41) is 17.9. The van der Waals surface area contributed by atoms with Gasteiger partial charge in [-0.3, -0.25) is 4.79 Å². The van der Waals surface area contributed by atoms with Crippen molar-refractivity contribution in [3.63, 3.8) is 0 Å². The summed E-state index contributed by atoms with van der Waals surface area (Å²) in [7, 11) is 0. The van der Waals surface area contributed by atoms with Crippen LogP contribution in [-0.4, -0.2) is 28.6 Å². The molecule has 0 aliphatic carbocycles. The lowest BCUT2D eigenvalue weighted by atomic mass is 9.92. The number of aromatic nitrogens is 1. The van der Waals surface area contributed by atoms with Gasteiger partial charge in [-0.25, -0.2) is 4.79 Å². The molecule has 0 atom stereocenters. The van der Waals surface area contributed by atoms with Gasteiger partial charge >= 0.3 is 6.03 Å². The monoisotopic (exact) mass is 444 g/mol. The van der Waals surface area contributed by atoms with Crippen molar-refractivity contribution in [2.75, 3.05) is 11.9 Å². The van der Waals surface area contributed by atoms with Gasteiger partial charge in [0.1, 0.15) is 0 Å². The van der Waals surface area contributed by atoms with E-state index in [0.717, 1.165) is 38.5 Å². The number of aliphatic hydroxyl groups is 1. The van der Waals surface area contributed by atoms with Crippen LogP contribution in [0.3, 0.4) is 0 Å². The van der Waals surface area contributed by atoms with E-state index in [2.05, 4.69) is 15.6 Å². The molecule has 7 heteroatoms. The number of rotatable bonds is 5. The number of fused-ring (bicyclic) bond motifs is 3. The summed E-state index contributed by atoms with van der Waals surface area (Å²) in [5.74, 6) is -0.524. The number of benzene rings is 3. The topological polar surface area (TPSA) is 120 Å². The fourth-order valence-corrected chi connectivity index (χ4v) is 4.21. The Kier molecular flexibility index (Phi) is 5.59. The van der Waals surface area contributed by atoms with Crippen molar-refractivity contribution in [2.24, 2.45) is 5.73 Å². The Hall–Kier alpha value is -3.84. The molecule has 0 bridgehead atoms. The molecular weight excluding hydrogens is 416 g/mol. The molecular formula is C26H28N4O3. The second-order valence-electron chi connectivity index (χ2n) is 8.68. The lowest BCUT2D eigenvalue weighted by molar-refractivity contribution is 0.0787. The first-order valence-corrected chi connectivity index (χ1v) is 10.9. The van der Waals surface area contributed by atoms with Crippen LogP contribution < -0.4 is 16.4 Å². The highest BCUT2D eigenvalue weighted by molar-refractivity contribution is 6.20. The third kappa shape index (κ3) is 4.03. The minimum atomic E-state index is -1.00. The summed E-state index contributed by atoms with van der Waals surface area (Å²) in [6.07, 6.45) is 0. The highest BCUT2D eigenvalue weighted by Gasteiger charge is 2.21. The van der Waals surface area contributed by atoms with Gasteiger partial charge in [0.25, 0.3) is 5.91 Å². The summed E-state index contributed by atoms with van der Waals surface area (Å²) < 4.78 is 0. The zero-order valence-electron chi connectivity index (χ0n) is 19.2. The van der Waals surface area contributed by atoms with Crippen molar-refractivity contribution < 1.29 is 14.7 Å². The van der Waals surface area contributed by atoms with E-state index in [1.54, 1.807) is 19.9 Å². The van der Waals surface area contributed by atoms with Gasteiger partial charge in [-0.05, 0) is 68.1 Å².